The minimum atomic E-state index is -0.261. The van der Waals surface area contributed by atoms with Gasteiger partial charge in [-0.1, -0.05) is 29.8 Å². The molecule has 1 aliphatic heterocycles. The van der Waals surface area contributed by atoms with Crippen LogP contribution in [0.25, 0.3) is 16.2 Å². The lowest BCUT2D eigenvalue weighted by atomic mass is 10.2. The molecule has 2 aromatic rings. The maximum atomic E-state index is 12.2. The van der Waals surface area contributed by atoms with Crippen LogP contribution in [0.1, 0.15) is 18.2 Å². The summed E-state index contributed by atoms with van der Waals surface area (Å²) in [6.45, 7) is 4.01. The summed E-state index contributed by atoms with van der Waals surface area (Å²) in [6.07, 6.45) is 3.38. The maximum Gasteiger partial charge on any atom is 0.244 e. The molecule has 3 rings (SSSR count). The highest BCUT2D eigenvalue weighted by Crippen LogP contribution is 2.35. The summed E-state index contributed by atoms with van der Waals surface area (Å²) in [5.41, 5.74) is 0. The number of benzene rings is 1. The molecule has 1 saturated heterocycles. The predicted octanol–water partition coefficient (Wildman–Crippen LogP) is 2.76. The molecule has 1 aliphatic rings. The molecule has 3 amide bonds. The molecule has 1 N–H and O–H groups in total. The Labute approximate surface area is 172 Å². The number of amides is 3. The molecule has 0 bridgehead atoms. The zero-order valence-electron chi connectivity index (χ0n) is 15.6. The summed E-state index contributed by atoms with van der Waals surface area (Å²) in [4.78, 5) is 39.8. The van der Waals surface area contributed by atoms with Gasteiger partial charge in [-0.25, -0.2) is 0 Å². The number of nitrogens with zero attached hydrogens (tertiary/aromatic N) is 2. The monoisotopic (exact) mass is 419 g/mol. The van der Waals surface area contributed by atoms with Gasteiger partial charge in [0.05, 0.1) is 5.02 Å². The van der Waals surface area contributed by atoms with E-state index in [0.29, 0.717) is 31.2 Å². The lowest BCUT2D eigenvalue weighted by molar-refractivity contribution is -0.138. The number of carbonyl (C=O) groups excluding carboxylic acids is 3. The highest BCUT2D eigenvalue weighted by Gasteiger charge is 2.21. The third-order valence-corrected chi connectivity index (χ3v) is 6.32. The Balaban J connectivity index is 1.44. The highest BCUT2D eigenvalue weighted by molar-refractivity contribution is 7.20. The molecule has 0 aliphatic carbocycles. The largest absolute Gasteiger partial charge is 0.352 e. The average Bonchev–Trinajstić information content (AvgIpc) is 3.02. The average molecular weight is 420 g/mol. The van der Waals surface area contributed by atoms with Gasteiger partial charge in [-0.05, 0) is 12.1 Å². The molecular weight excluding hydrogens is 398 g/mol. The molecule has 8 heteroatoms. The van der Waals surface area contributed by atoms with Crippen molar-refractivity contribution in [3.8, 4) is 0 Å². The minimum absolute atomic E-state index is 0.0139. The van der Waals surface area contributed by atoms with Crippen LogP contribution in [-0.4, -0.2) is 60.2 Å². The lowest BCUT2D eigenvalue weighted by Gasteiger charge is -2.34. The number of rotatable bonds is 5. The molecular formula is C20H22ClN3O3S. The van der Waals surface area contributed by atoms with Crippen molar-refractivity contribution in [1.29, 1.82) is 0 Å². The zero-order valence-corrected chi connectivity index (χ0v) is 17.2. The summed E-state index contributed by atoms with van der Waals surface area (Å²) >= 11 is 7.88. The number of thiophene rings is 1. The maximum absolute atomic E-state index is 12.2. The molecule has 0 spiro atoms. The van der Waals surface area contributed by atoms with Gasteiger partial charge < -0.3 is 15.1 Å². The quantitative estimate of drug-likeness (QED) is 0.757. The van der Waals surface area contributed by atoms with E-state index in [1.54, 1.807) is 15.9 Å². The van der Waals surface area contributed by atoms with Crippen molar-refractivity contribution in [2.75, 3.05) is 32.7 Å². The number of fused-ring (bicyclic) bond motifs is 1. The van der Waals surface area contributed by atoms with Crippen LogP contribution in [0.15, 0.2) is 30.3 Å². The van der Waals surface area contributed by atoms with Crippen LogP contribution in [0.4, 0.5) is 0 Å². The topological polar surface area (TPSA) is 69.7 Å². The SMILES string of the molecule is CC(=O)N1CCN(C(=O)CCNC(=O)/C=C/c2sc3ccccc3c2Cl)CC1. The zero-order chi connectivity index (χ0) is 20.1. The molecule has 28 heavy (non-hydrogen) atoms. The molecule has 0 saturated carbocycles. The van der Waals surface area contributed by atoms with E-state index >= 15 is 0 Å². The molecule has 0 radical (unpaired) electrons. The van der Waals surface area contributed by atoms with Gasteiger partial charge in [0.25, 0.3) is 0 Å². The molecule has 148 valence electrons. The van der Waals surface area contributed by atoms with Crippen molar-refractivity contribution in [1.82, 2.24) is 15.1 Å². The van der Waals surface area contributed by atoms with Crippen LogP contribution in [0.2, 0.25) is 5.02 Å². The Morgan fingerprint density at radius 1 is 1.14 bits per heavy atom. The molecule has 1 aromatic carbocycles. The van der Waals surface area contributed by atoms with Crippen LogP contribution in [-0.2, 0) is 14.4 Å². The van der Waals surface area contributed by atoms with E-state index in [4.69, 9.17) is 11.6 Å². The molecule has 6 nitrogen and oxygen atoms in total. The van der Waals surface area contributed by atoms with Crippen molar-refractivity contribution >= 4 is 56.8 Å². The fraction of sp³-hybridized carbons (Fsp3) is 0.350. The number of nitrogens with one attached hydrogen (secondary N) is 1. The molecule has 1 aromatic heterocycles. The molecule has 0 atom stereocenters. The fourth-order valence-electron chi connectivity index (χ4n) is 3.07. The summed E-state index contributed by atoms with van der Waals surface area (Å²) in [6, 6.07) is 7.82. The third kappa shape index (κ3) is 4.91. The van der Waals surface area contributed by atoms with Crippen LogP contribution in [0.5, 0.6) is 0 Å². The van der Waals surface area contributed by atoms with Crippen LogP contribution in [0, 0.1) is 0 Å². The van der Waals surface area contributed by atoms with E-state index in [9.17, 15) is 14.4 Å². The van der Waals surface area contributed by atoms with Crippen molar-refractivity contribution in [2.45, 2.75) is 13.3 Å². The van der Waals surface area contributed by atoms with Crippen LogP contribution < -0.4 is 5.32 Å². The third-order valence-electron chi connectivity index (χ3n) is 4.66. The Morgan fingerprint density at radius 3 is 2.50 bits per heavy atom. The van der Waals surface area contributed by atoms with Gasteiger partial charge >= 0.3 is 0 Å². The number of hydrogen-bond donors (Lipinski definition) is 1. The van der Waals surface area contributed by atoms with Gasteiger partial charge in [0, 0.05) is 67.1 Å². The van der Waals surface area contributed by atoms with Gasteiger partial charge in [0.15, 0.2) is 0 Å². The van der Waals surface area contributed by atoms with Crippen LogP contribution >= 0.6 is 22.9 Å². The van der Waals surface area contributed by atoms with Gasteiger partial charge in [-0.15, -0.1) is 11.3 Å². The van der Waals surface area contributed by atoms with E-state index < -0.39 is 0 Å². The van der Waals surface area contributed by atoms with E-state index in [-0.39, 0.29) is 30.7 Å². The van der Waals surface area contributed by atoms with Gasteiger partial charge in [-0.2, -0.15) is 0 Å². The smallest absolute Gasteiger partial charge is 0.244 e. The number of halogens is 1. The second-order valence-electron chi connectivity index (χ2n) is 6.54. The van der Waals surface area contributed by atoms with E-state index in [1.807, 2.05) is 24.3 Å². The Bertz CT molecular complexity index is 917. The molecule has 0 unspecified atom stereocenters. The first-order chi connectivity index (χ1) is 13.5. The second-order valence-corrected chi connectivity index (χ2v) is 8.00. The first-order valence-corrected chi connectivity index (χ1v) is 10.3. The van der Waals surface area contributed by atoms with Crippen molar-refractivity contribution in [2.24, 2.45) is 0 Å². The van der Waals surface area contributed by atoms with E-state index in [0.717, 1.165) is 15.0 Å². The van der Waals surface area contributed by atoms with Crippen LogP contribution in [0.3, 0.4) is 0 Å². The Kier molecular flexibility index (Phi) is 6.70. The number of piperazine rings is 1. The summed E-state index contributed by atoms with van der Waals surface area (Å²) in [5, 5.41) is 4.35. The van der Waals surface area contributed by atoms with E-state index in [2.05, 4.69) is 5.32 Å². The lowest BCUT2D eigenvalue weighted by Crippen LogP contribution is -2.50. The van der Waals surface area contributed by atoms with E-state index in [1.165, 1.54) is 24.3 Å². The second kappa shape index (κ2) is 9.21. The summed E-state index contributed by atoms with van der Waals surface area (Å²) in [7, 11) is 0. The summed E-state index contributed by atoms with van der Waals surface area (Å²) in [5.74, 6) is -0.243. The van der Waals surface area contributed by atoms with Gasteiger partial charge in [-0.3, -0.25) is 14.4 Å². The van der Waals surface area contributed by atoms with Crippen molar-refractivity contribution in [3.05, 3.63) is 40.2 Å². The van der Waals surface area contributed by atoms with Gasteiger partial charge in [0.1, 0.15) is 0 Å². The highest BCUT2D eigenvalue weighted by atomic mass is 35.5. The normalized spacial score (nSPS) is 14.6. The predicted molar refractivity (Wildman–Crippen MR) is 112 cm³/mol. The Morgan fingerprint density at radius 2 is 1.82 bits per heavy atom. The summed E-state index contributed by atoms with van der Waals surface area (Å²) < 4.78 is 1.07. The van der Waals surface area contributed by atoms with Crippen molar-refractivity contribution in [3.63, 3.8) is 0 Å². The Hall–Kier alpha value is -2.38. The van der Waals surface area contributed by atoms with Gasteiger partial charge in [0.2, 0.25) is 17.7 Å². The minimum Gasteiger partial charge on any atom is -0.352 e. The standard InChI is InChI=1S/C20H22ClN3O3S/c1-14(25)23-10-12-24(13-11-23)19(27)8-9-22-18(26)7-6-17-20(21)15-4-2-3-5-16(15)28-17/h2-7H,8-13H2,1H3,(H,22,26)/b7-6+. The molecule has 2 heterocycles. The first-order valence-electron chi connectivity index (χ1n) is 9.12. The fourth-order valence-corrected chi connectivity index (χ4v) is 4.47. The first kappa shape index (κ1) is 20.4. The van der Waals surface area contributed by atoms with Crippen molar-refractivity contribution < 1.29 is 14.4 Å². The number of carbonyl (C=O) groups is 3. The molecule has 1 fully saturated rings. The number of hydrogen-bond acceptors (Lipinski definition) is 4.